The Balaban J connectivity index is 0.000000673. The van der Waals surface area contributed by atoms with Gasteiger partial charge in [-0.1, -0.05) is 198 Å². The topological polar surface area (TPSA) is 294 Å². The van der Waals surface area contributed by atoms with Crippen LogP contribution in [0.4, 0.5) is 11.5 Å². The van der Waals surface area contributed by atoms with Crippen LogP contribution in [-0.4, -0.2) is 204 Å². The summed E-state index contributed by atoms with van der Waals surface area (Å²) in [6.07, 6.45) is 46.1. The lowest BCUT2D eigenvalue weighted by atomic mass is 9.80. The average Bonchev–Trinajstić information content (AvgIpc) is 1.59. The van der Waals surface area contributed by atoms with Crippen LogP contribution in [-0.2, 0) is 62.4 Å². The first-order valence-corrected chi connectivity index (χ1v) is 57.5. The van der Waals surface area contributed by atoms with Gasteiger partial charge in [-0.15, -0.1) is 0 Å². The highest BCUT2D eigenvalue weighted by molar-refractivity contribution is 7.86. The van der Waals surface area contributed by atoms with Crippen molar-refractivity contribution in [2.75, 3.05) is 121 Å². The second kappa shape index (κ2) is 60.6. The molecule has 0 fully saturated rings. The second-order valence-corrected chi connectivity index (χ2v) is 45.8. The molecule has 0 amide bonds. The van der Waals surface area contributed by atoms with Gasteiger partial charge < -0.3 is 45.8 Å². The summed E-state index contributed by atoms with van der Waals surface area (Å²) in [4.78, 5) is 5.81. The van der Waals surface area contributed by atoms with Crippen LogP contribution >= 0.6 is 8.30 Å². The van der Waals surface area contributed by atoms with Crippen molar-refractivity contribution in [2.24, 2.45) is 4.99 Å². The molecular weight excluding hydrogens is 1720 g/mol. The van der Waals surface area contributed by atoms with Crippen molar-refractivity contribution in [1.82, 2.24) is 4.67 Å². The summed E-state index contributed by atoms with van der Waals surface area (Å²) >= 11 is 0. The minimum absolute atomic E-state index is 0.0323. The number of aliphatic imine (C=N–C) groups is 1. The zero-order chi connectivity index (χ0) is 96.6. The Morgan fingerprint density at radius 1 is 0.519 bits per heavy atom. The van der Waals surface area contributed by atoms with E-state index in [2.05, 4.69) is 122 Å². The summed E-state index contributed by atoms with van der Waals surface area (Å²) < 4.78 is 164. The SMILES string of the molecule is CC(C)N(C(C)C)P(CCC#N)OCCCCOc1cccc(C2=C(C=CC3=Nc4c(cc(S(=O)(=O)[O-])c[n+]4CCCS(=O)(=O)[O-])C3(C)C)CCCC2=CC=C2N(CCCS(=O)(=O)[O-])c3ccc(S(=O)(=O)[O-])cc3C2(C)C)c1.CCCC[N+](CCCC)(CCCC)CCCC.CCCC[N+](CCCC)(CCCC)CCCC.CCCC[N+](CCCC)(CCCC)CCCC. The van der Waals surface area contributed by atoms with Gasteiger partial charge in [-0.3, -0.25) is 4.67 Å². The van der Waals surface area contributed by atoms with Crippen molar-refractivity contribution in [3.63, 3.8) is 0 Å². The molecule has 3 aliphatic rings. The number of aromatic nitrogens is 1. The fraction of sp³-hybridized carbons (Fsp3) is 0.735. The molecule has 1 atom stereocenters. The molecule has 0 bridgehead atoms. The zero-order valence-electron chi connectivity index (χ0n) is 84.1. The van der Waals surface area contributed by atoms with E-state index in [1.54, 1.807) is 0 Å². The maximum absolute atomic E-state index is 12.4. The number of hydrogen-bond donors (Lipinski definition) is 0. The number of nitrogens with zero attached hydrogens (tertiary/aromatic N) is 8. The molecule has 0 saturated carbocycles. The predicted octanol–water partition coefficient (Wildman–Crippen LogP) is 23.3. The first-order chi connectivity index (χ1) is 61.1. The number of unbranched alkanes of at least 4 members (excludes halogenated alkanes) is 13. The van der Waals surface area contributed by atoms with Crippen LogP contribution in [0, 0.1) is 11.3 Å². The quantitative estimate of drug-likeness (QED) is 0.0167. The zero-order valence-corrected chi connectivity index (χ0v) is 88.3. The minimum Gasteiger partial charge on any atom is -0.748 e. The van der Waals surface area contributed by atoms with Crippen LogP contribution in [0.15, 0.2) is 111 Å². The molecule has 6 rings (SSSR count). The van der Waals surface area contributed by atoms with Crippen LogP contribution in [0.3, 0.4) is 0 Å². The van der Waals surface area contributed by atoms with E-state index >= 15 is 0 Å². The molecule has 0 spiro atoms. The van der Waals surface area contributed by atoms with Gasteiger partial charge in [0.25, 0.3) is 0 Å². The Hall–Kier alpha value is -4.82. The molecule has 0 radical (unpaired) electrons. The smallest absolute Gasteiger partial charge is 0.327 e. The van der Waals surface area contributed by atoms with Crippen LogP contribution in [0.2, 0.25) is 0 Å². The summed E-state index contributed by atoms with van der Waals surface area (Å²) in [5.74, 6) is -0.424. The normalized spacial score (nSPS) is 15.7. The monoisotopic (exact) mass is 1900 g/mol. The maximum atomic E-state index is 12.4. The number of fused-ring (bicyclic) bond motifs is 2. The van der Waals surface area contributed by atoms with Crippen LogP contribution < -0.4 is 14.2 Å². The highest BCUT2D eigenvalue weighted by atomic mass is 32.2. The van der Waals surface area contributed by atoms with E-state index in [0.717, 1.165) is 34.9 Å². The third-order valence-corrected chi connectivity index (χ3v) is 31.5. The molecule has 0 N–H and O–H groups in total. The molecule has 27 heteroatoms. The molecule has 0 saturated heterocycles. The van der Waals surface area contributed by atoms with E-state index in [1.807, 2.05) is 81.2 Å². The number of hydrogen-bond acceptors (Lipinski definition) is 18. The van der Waals surface area contributed by atoms with Crippen LogP contribution in [0.5, 0.6) is 5.75 Å². The Kier molecular flexibility index (Phi) is 55.6. The summed E-state index contributed by atoms with van der Waals surface area (Å²) in [6.45, 7) is 61.8. The lowest BCUT2D eigenvalue weighted by Crippen LogP contribution is -2.50. The van der Waals surface area contributed by atoms with E-state index in [4.69, 9.17) is 14.3 Å². The third kappa shape index (κ3) is 41.3. The fourth-order valence-electron chi connectivity index (χ4n) is 18.2. The summed E-state index contributed by atoms with van der Waals surface area (Å²) in [5.41, 5.74) is 4.28. The molecule has 3 heterocycles. The molecular formula is C102H177N8O14PS4. The minimum atomic E-state index is -4.97. The van der Waals surface area contributed by atoms with Crippen molar-refractivity contribution in [3.8, 4) is 11.8 Å². The summed E-state index contributed by atoms with van der Waals surface area (Å²) in [7, 11) is -19.9. The number of quaternary nitrogens is 3. The fourth-order valence-corrected chi connectivity index (χ4v) is 22.4. The number of anilines is 1. The van der Waals surface area contributed by atoms with Gasteiger partial charge >= 0.3 is 5.82 Å². The molecule has 1 aromatic heterocycles. The number of nitriles is 1. The van der Waals surface area contributed by atoms with Gasteiger partial charge in [0, 0.05) is 59.5 Å². The number of ether oxygens (including phenoxy) is 1. The third-order valence-electron chi connectivity index (χ3n) is 25.8. The molecule has 1 unspecified atom stereocenters. The number of rotatable bonds is 62. The van der Waals surface area contributed by atoms with E-state index in [1.165, 1.54) is 275 Å². The van der Waals surface area contributed by atoms with Gasteiger partial charge in [-0.05, 0) is 245 Å². The van der Waals surface area contributed by atoms with Crippen molar-refractivity contribution >= 4 is 71.6 Å². The van der Waals surface area contributed by atoms with Crippen LogP contribution in [0.25, 0.3) is 5.57 Å². The molecule has 22 nitrogen and oxygen atoms in total. The Morgan fingerprint density at radius 2 is 0.946 bits per heavy atom. The number of pyridine rings is 1. The lowest BCUT2D eigenvalue weighted by molar-refractivity contribution is -0.929. The maximum Gasteiger partial charge on any atom is 0.327 e. The van der Waals surface area contributed by atoms with Gasteiger partial charge in [0.1, 0.15) is 40.5 Å². The summed E-state index contributed by atoms with van der Waals surface area (Å²) in [5, 5.41) is 9.32. The van der Waals surface area contributed by atoms with Crippen molar-refractivity contribution in [3.05, 3.63) is 113 Å². The van der Waals surface area contributed by atoms with Gasteiger partial charge in [-0.25, -0.2) is 38.2 Å². The molecule has 738 valence electrons. The molecule has 1 aliphatic carbocycles. The highest BCUT2D eigenvalue weighted by Gasteiger charge is 2.44. The molecule has 129 heavy (non-hydrogen) atoms. The van der Waals surface area contributed by atoms with Gasteiger partial charge in [0.2, 0.25) is 0 Å². The van der Waals surface area contributed by atoms with Gasteiger partial charge in [0.05, 0.1) is 145 Å². The van der Waals surface area contributed by atoms with Crippen molar-refractivity contribution in [2.45, 2.75) is 383 Å². The largest absolute Gasteiger partial charge is 0.748 e. The van der Waals surface area contributed by atoms with Crippen LogP contribution in [0.1, 0.15) is 361 Å². The van der Waals surface area contributed by atoms with E-state index in [-0.39, 0.29) is 38.0 Å². The first-order valence-electron chi connectivity index (χ1n) is 50.1. The van der Waals surface area contributed by atoms with Gasteiger partial charge in [-0.2, -0.15) is 5.26 Å². The molecule has 2 aromatic carbocycles. The number of benzene rings is 2. The van der Waals surface area contributed by atoms with Gasteiger partial charge in [0.15, 0.2) is 5.71 Å². The lowest BCUT2D eigenvalue weighted by Gasteiger charge is -2.39. The Morgan fingerprint density at radius 3 is 1.36 bits per heavy atom. The number of allylic oxidation sites excluding steroid dienone is 8. The standard InChI is InChI=1S/C54H72N5O14PS4.3C16H36N/c1-38(2)59(39(3)4)74(31-13-26-55)73-30-10-9-29-72-43-19-12-18-42(34-43)51-40(20-24-49-53(5,6)47-36-45(78(69,70)71)37-57(52(47)56-49)27-14-32-75(60,61)62)16-11-17-41(51)21-25-50-54(7,8)46-35-44(77(66,67)68)22-23-48(46)58(50)28-15-33-76(63,64)65;3*1-5-9-13-17(14-10-6-2,15-11-7-3)16-12-8-4/h12,18-25,34-39H,9-11,13-17,27-33H2,1-8H3,(H3-,60,61,62,63,64,65,66,67,68,69,70,71);3*5-16H2,1-4H3/q;3*+1/p-3. The average molecular weight is 1900 g/mol. The Labute approximate surface area is 788 Å². The molecule has 3 aromatic rings. The molecule has 2 aliphatic heterocycles. The summed E-state index contributed by atoms with van der Waals surface area (Å²) in [6, 6.07) is 15.8. The van der Waals surface area contributed by atoms with Crippen molar-refractivity contribution in [1.29, 1.82) is 5.26 Å². The first kappa shape index (κ1) is 118. The highest BCUT2D eigenvalue weighted by Crippen LogP contribution is 2.50. The predicted molar refractivity (Wildman–Crippen MR) is 533 cm³/mol. The van der Waals surface area contributed by atoms with E-state index in [9.17, 15) is 57.1 Å². The van der Waals surface area contributed by atoms with E-state index < -0.39 is 80.9 Å². The van der Waals surface area contributed by atoms with E-state index in [0.29, 0.717) is 91.3 Å². The van der Waals surface area contributed by atoms with Crippen molar-refractivity contribution < 1.29 is 79.2 Å². The number of aryl methyl sites for hydroxylation is 1. The second-order valence-electron chi connectivity index (χ2n) is 38.1. The Bertz CT molecular complexity index is 4240.